The van der Waals surface area contributed by atoms with Gasteiger partial charge in [-0.15, -0.1) is 0 Å². The minimum absolute atomic E-state index is 0. The van der Waals surface area contributed by atoms with E-state index in [2.05, 4.69) is 0 Å². The van der Waals surface area contributed by atoms with E-state index in [4.69, 9.17) is 5.11 Å². The number of hydrogen-bond acceptors (Lipinski definition) is 1. The SMILES string of the molecule is O=C(O)CCCC1CCCCC1.[Co]. The second-order valence-corrected chi connectivity index (χ2v) is 3.79. The first-order chi connectivity index (χ1) is 5.79. The Kier molecular flexibility index (Phi) is 7.37. The van der Waals surface area contributed by atoms with Crippen LogP contribution >= 0.6 is 0 Å². The molecular formula is C10H18CoO2. The van der Waals surface area contributed by atoms with Gasteiger partial charge in [0.2, 0.25) is 0 Å². The monoisotopic (exact) mass is 229 g/mol. The molecule has 0 aliphatic heterocycles. The summed E-state index contributed by atoms with van der Waals surface area (Å²) in [7, 11) is 0. The molecule has 3 heteroatoms. The van der Waals surface area contributed by atoms with Crippen LogP contribution in [0.4, 0.5) is 0 Å². The van der Waals surface area contributed by atoms with Crippen molar-refractivity contribution in [3.05, 3.63) is 0 Å². The fourth-order valence-corrected chi connectivity index (χ4v) is 2.02. The Hall–Kier alpha value is -0.0235. The van der Waals surface area contributed by atoms with Gasteiger partial charge in [-0.2, -0.15) is 0 Å². The van der Waals surface area contributed by atoms with Crippen molar-refractivity contribution in [2.24, 2.45) is 5.92 Å². The van der Waals surface area contributed by atoms with Crippen LogP contribution in [0.25, 0.3) is 0 Å². The second-order valence-electron chi connectivity index (χ2n) is 3.79. The molecule has 13 heavy (non-hydrogen) atoms. The van der Waals surface area contributed by atoms with Crippen LogP contribution in [0, 0.1) is 5.92 Å². The van der Waals surface area contributed by atoms with Crippen LogP contribution in [-0.2, 0) is 21.6 Å². The summed E-state index contributed by atoms with van der Waals surface area (Å²) in [5, 5.41) is 8.44. The van der Waals surface area contributed by atoms with E-state index in [-0.39, 0.29) is 16.8 Å². The van der Waals surface area contributed by atoms with E-state index in [9.17, 15) is 4.79 Å². The number of carboxylic acids is 1. The predicted octanol–water partition coefficient (Wildman–Crippen LogP) is 2.82. The normalized spacial score (nSPS) is 17.8. The number of aliphatic carboxylic acids is 1. The van der Waals surface area contributed by atoms with Crippen LogP contribution in [0.3, 0.4) is 0 Å². The van der Waals surface area contributed by atoms with Crippen LogP contribution in [0.2, 0.25) is 0 Å². The fraction of sp³-hybridized carbons (Fsp3) is 0.900. The Balaban J connectivity index is 0.00000144. The molecule has 1 aliphatic carbocycles. The Morgan fingerprint density at radius 3 is 2.38 bits per heavy atom. The first-order valence-electron chi connectivity index (χ1n) is 5.01. The Labute approximate surface area is 90.3 Å². The smallest absolute Gasteiger partial charge is 0.303 e. The zero-order valence-corrected chi connectivity index (χ0v) is 8.96. The molecule has 1 N–H and O–H groups in total. The van der Waals surface area contributed by atoms with Gasteiger partial charge in [-0.3, -0.25) is 4.79 Å². The summed E-state index contributed by atoms with van der Waals surface area (Å²) in [5.74, 6) is 0.184. The van der Waals surface area contributed by atoms with Gasteiger partial charge < -0.3 is 5.11 Å². The molecular weight excluding hydrogens is 211 g/mol. The molecule has 0 atom stereocenters. The Bertz CT molecular complexity index is 142. The molecule has 1 fully saturated rings. The summed E-state index contributed by atoms with van der Waals surface area (Å²) in [6.07, 6.45) is 9.13. The van der Waals surface area contributed by atoms with Crippen LogP contribution in [0.5, 0.6) is 0 Å². The van der Waals surface area contributed by atoms with Gasteiger partial charge in [0, 0.05) is 23.2 Å². The Morgan fingerprint density at radius 1 is 1.23 bits per heavy atom. The Morgan fingerprint density at radius 2 is 1.85 bits per heavy atom. The summed E-state index contributed by atoms with van der Waals surface area (Å²) in [4.78, 5) is 10.2. The molecule has 79 valence electrons. The largest absolute Gasteiger partial charge is 0.481 e. The molecule has 2 nitrogen and oxygen atoms in total. The van der Waals surface area contributed by atoms with Crippen LogP contribution in [0.15, 0.2) is 0 Å². The molecule has 0 spiro atoms. The topological polar surface area (TPSA) is 37.3 Å². The maximum Gasteiger partial charge on any atom is 0.303 e. The van der Waals surface area contributed by atoms with Crippen molar-refractivity contribution in [1.29, 1.82) is 0 Å². The first-order valence-corrected chi connectivity index (χ1v) is 5.01. The van der Waals surface area contributed by atoms with Crippen molar-refractivity contribution in [2.75, 3.05) is 0 Å². The molecule has 1 saturated carbocycles. The quantitative estimate of drug-likeness (QED) is 0.804. The number of carbonyl (C=O) groups is 1. The van der Waals surface area contributed by atoms with Gasteiger partial charge >= 0.3 is 5.97 Å². The maximum absolute atomic E-state index is 10.2. The standard InChI is InChI=1S/C10H18O2.Co/c11-10(12)8-4-7-9-5-2-1-3-6-9;/h9H,1-8H2,(H,11,12);. The van der Waals surface area contributed by atoms with Gasteiger partial charge in [0.25, 0.3) is 0 Å². The van der Waals surface area contributed by atoms with Crippen molar-refractivity contribution in [2.45, 2.75) is 51.4 Å². The minimum atomic E-state index is -0.647. The third-order valence-corrected chi connectivity index (χ3v) is 2.73. The van der Waals surface area contributed by atoms with Gasteiger partial charge in [-0.25, -0.2) is 0 Å². The summed E-state index contributed by atoms with van der Waals surface area (Å²) in [6.45, 7) is 0. The third-order valence-electron chi connectivity index (χ3n) is 2.73. The van der Waals surface area contributed by atoms with Crippen molar-refractivity contribution in [1.82, 2.24) is 0 Å². The van der Waals surface area contributed by atoms with Crippen molar-refractivity contribution < 1.29 is 26.7 Å². The summed E-state index contributed by atoms with van der Waals surface area (Å²) in [6, 6.07) is 0. The van der Waals surface area contributed by atoms with Gasteiger partial charge in [-0.05, 0) is 18.8 Å². The molecule has 0 bridgehead atoms. The molecule has 0 heterocycles. The summed E-state index contributed by atoms with van der Waals surface area (Å²) < 4.78 is 0. The third kappa shape index (κ3) is 6.10. The molecule has 0 unspecified atom stereocenters. The average Bonchev–Trinajstić information content (AvgIpc) is 2.05. The van der Waals surface area contributed by atoms with E-state index >= 15 is 0 Å². The van der Waals surface area contributed by atoms with Crippen LogP contribution < -0.4 is 0 Å². The first kappa shape index (κ1) is 13.0. The van der Waals surface area contributed by atoms with Crippen LogP contribution in [0.1, 0.15) is 51.4 Å². The summed E-state index contributed by atoms with van der Waals surface area (Å²) in [5.41, 5.74) is 0. The molecule has 1 radical (unpaired) electrons. The van der Waals surface area contributed by atoms with E-state index in [0.717, 1.165) is 18.8 Å². The molecule has 0 amide bonds. The number of carboxylic acid groups (broad SMARTS) is 1. The van der Waals surface area contributed by atoms with Gasteiger partial charge in [0.05, 0.1) is 0 Å². The number of hydrogen-bond donors (Lipinski definition) is 1. The second kappa shape index (κ2) is 7.39. The zero-order valence-electron chi connectivity index (χ0n) is 7.92. The van der Waals surface area contributed by atoms with E-state index in [1.165, 1.54) is 32.1 Å². The van der Waals surface area contributed by atoms with E-state index in [0.29, 0.717) is 6.42 Å². The molecule has 1 rings (SSSR count). The molecule has 0 aromatic rings. The maximum atomic E-state index is 10.2. The molecule has 0 saturated heterocycles. The molecule has 0 aromatic carbocycles. The van der Waals surface area contributed by atoms with Gasteiger partial charge in [0.15, 0.2) is 0 Å². The average molecular weight is 229 g/mol. The molecule has 0 aromatic heterocycles. The van der Waals surface area contributed by atoms with E-state index in [1.807, 2.05) is 0 Å². The summed E-state index contributed by atoms with van der Waals surface area (Å²) >= 11 is 0. The fourth-order valence-electron chi connectivity index (χ4n) is 2.02. The van der Waals surface area contributed by atoms with Gasteiger partial charge in [-0.1, -0.05) is 32.1 Å². The van der Waals surface area contributed by atoms with E-state index in [1.54, 1.807) is 0 Å². The minimum Gasteiger partial charge on any atom is -0.481 e. The van der Waals surface area contributed by atoms with Crippen LogP contribution in [-0.4, -0.2) is 11.1 Å². The molecule has 1 aliphatic rings. The number of rotatable bonds is 4. The predicted molar refractivity (Wildman–Crippen MR) is 48.1 cm³/mol. The van der Waals surface area contributed by atoms with Gasteiger partial charge in [0.1, 0.15) is 0 Å². The zero-order chi connectivity index (χ0) is 8.81. The van der Waals surface area contributed by atoms with Crippen molar-refractivity contribution >= 4 is 5.97 Å². The van der Waals surface area contributed by atoms with Crippen molar-refractivity contribution in [3.63, 3.8) is 0 Å². The van der Waals surface area contributed by atoms with Crippen molar-refractivity contribution in [3.8, 4) is 0 Å². The van der Waals surface area contributed by atoms with E-state index < -0.39 is 5.97 Å².